The van der Waals surface area contributed by atoms with Gasteiger partial charge in [0.15, 0.2) is 0 Å². The summed E-state index contributed by atoms with van der Waals surface area (Å²) in [5, 5.41) is 12.7. The Morgan fingerprint density at radius 3 is 2.82 bits per heavy atom. The summed E-state index contributed by atoms with van der Waals surface area (Å²) in [6.45, 7) is 0.899. The maximum absolute atomic E-state index is 9.38. The van der Waals surface area contributed by atoms with Crippen molar-refractivity contribution in [3.63, 3.8) is 0 Å². The molecular weight excluding hydrogens is 276 g/mol. The Morgan fingerprint density at radius 2 is 2.05 bits per heavy atom. The third-order valence-electron chi connectivity index (χ3n) is 4.11. The molecule has 5 nitrogen and oxygen atoms in total. The highest BCUT2D eigenvalue weighted by Gasteiger charge is 2.29. The van der Waals surface area contributed by atoms with Gasteiger partial charge in [-0.3, -0.25) is 4.98 Å². The van der Waals surface area contributed by atoms with Gasteiger partial charge in [0.05, 0.1) is 6.10 Å². The first-order valence-electron chi connectivity index (χ1n) is 7.95. The molecule has 1 aliphatic carbocycles. The van der Waals surface area contributed by atoms with Crippen LogP contribution >= 0.6 is 0 Å². The zero-order chi connectivity index (χ0) is 15.2. The first-order chi connectivity index (χ1) is 10.8. The first-order valence-corrected chi connectivity index (χ1v) is 7.95. The second kappa shape index (κ2) is 7.31. The van der Waals surface area contributed by atoms with E-state index in [0.717, 1.165) is 55.9 Å². The lowest BCUT2D eigenvalue weighted by atomic mass is 9.80. The minimum absolute atomic E-state index is 0.150. The second-order valence-corrected chi connectivity index (χ2v) is 5.86. The summed E-state index contributed by atoms with van der Waals surface area (Å²) in [5.74, 6) is 1.27. The fraction of sp³-hybridized carbons (Fsp3) is 0.471. The Morgan fingerprint density at radius 1 is 1.14 bits per heavy atom. The fourth-order valence-corrected chi connectivity index (χ4v) is 2.72. The van der Waals surface area contributed by atoms with Crippen LogP contribution in [-0.4, -0.2) is 32.7 Å². The maximum Gasteiger partial charge on any atom is 0.129 e. The Bertz CT molecular complexity index is 584. The van der Waals surface area contributed by atoms with E-state index in [4.69, 9.17) is 0 Å². The molecule has 0 saturated heterocycles. The van der Waals surface area contributed by atoms with Crippen LogP contribution in [0.4, 0.5) is 5.82 Å². The van der Waals surface area contributed by atoms with Crippen LogP contribution < -0.4 is 5.32 Å². The molecule has 0 amide bonds. The number of hydrogen-bond donors (Lipinski definition) is 2. The Hall–Kier alpha value is -2.01. The highest BCUT2D eigenvalue weighted by Crippen LogP contribution is 2.35. The lowest BCUT2D eigenvalue weighted by molar-refractivity contribution is 0.0732. The monoisotopic (exact) mass is 298 g/mol. The van der Waals surface area contributed by atoms with Crippen molar-refractivity contribution in [3.8, 4) is 0 Å². The van der Waals surface area contributed by atoms with Crippen molar-refractivity contribution in [3.05, 3.63) is 48.2 Å². The molecule has 0 unspecified atom stereocenters. The van der Waals surface area contributed by atoms with Crippen LogP contribution in [0, 0.1) is 0 Å². The molecule has 22 heavy (non-hydrogen) atoms. The van der Waals surface area contributed by atoms with Crippen LogP contribution in [0.25, 0.3) is 0 Å². The van der Waals surface area contributed by atoms with Gasteiger partial charge in [-0.1, -0.05) is 6.07 Å². The SMILES string of the molecule is OC1CC(c2cc(NCCCCc3ccccn3)ncn2)C1. The van der Waals surface area contributed by atoms with Gasteiger partial charge in [-0.05, 0) is 44.2 Å². The number of rotatable bonds is 7. The number of pyridine rings is 1. The second-order valence-electron chi connectivity index (χ2n) is 5.86. The maximum atomic E-state index is 9.38. The number of aliphatic hydroxyl groups excluding tert-OH is 1. The number of aromatic nitrogens is 3. The molecule has 0 spiro atoms. The standard InChI is InChI=1S/C17H22N4O/c22-15-9-13(10-15)16-11-17(21-12-20-16)19-8-4-2-6-14-5-1-3-7-18-14/h1,3,5,7,11-13,15,22H,2,4,6,8-10H2,(H,19,20,21). The molecule has 2 aromatic heterocycles. The number of aliphatic hydroxyl groups is 1. The molecule has 1 aliphatic rings. The number of aryl methyl sites for hydroxylation is 1. The number of unbranched alkanes of at least 4 members (excludes halogenated alkanes) is 1. The van der Waals surface area contributed by atoms with E-state index in [1.165, 1.54) is 0 Å². The van der Waals surface area contributed by atoms with Gasteiger partial charge in [0, 0.05) is 36.1 Å². The van der Waals surface area contributed by atoms with Crippen molar-refractivity contribution in [2.24, 2.45) is 0 Å². The lowest BCUT2D eigenvalue weighted by Crippen LogP contribution is -2.27. The van der Waals surface area contributed by atoms with Crippen molar-refractivity contribution < 1.29 is 5.11 Å². The van der Waals surface area contributed by atoms with E-state index in [1.807, 2.05) is 24.4 Å². The van der Waals surface area contributed by atoms with E-state index in [0.29, 0.717) is 5.92 Å². The summed E-state index contributed by atoms with van der Waals surface area (Å²) in [5.41, 5.74) is 2.19. The largest absolute Gasteiger partial charge is 0.393 e. The van der Waals surface area contributed by atoms with Crippen molar-refractivity contribution in [1.29, 1.82) is 0 Å². The number of hydrogen-bond acceptors (Lipinski definition) is 5. The van der Waals surface area contributed by atoms with Crippen LogP contribution in [0.1, 0.15) is 43.0 Å². The van der Waals surface area contributed by atoms with E-state index in [9.17, 15) is 5.11 Å². The predicted molar refractivity (Wildman–Crippen MR) is 85.7 cm³/mol. The summed E-state index contributed by atoms with van der Waals surface area (Å²) in [7, 11) is 0. The molecule has 0 atom stereocenters. The zero-order valence-electron chi connectivity index (χ0n) is 12.7. The van der Waals surface area contributed by atoms with E-state index in [1.54, 1.807) is 6.33 Å². The molecule has 2 N–H and O–H groups in total. The van der Waals surface area contributed by atoms with E-state index in [2.05, 4.69) is 26.3 Å². The number of nitrogens with one attached hydrogen (secondary N) is 1. The highest BCUT2D eigenvalue weighted by atomic mass is 16.3. The van der Waals surface area contributed by atoms with Crippen LogP contribution in [0.3, 0.4) is 0 Å². The minimum Gasteiger partial charge on any atom is -0.393 e. The molecule has 2 aromatic rings. The van der Waals surface area contributed by atoms with Gasteiger partial charge in [0.2, 0.25) is 0 Å². The summed E-state index contributed by atoms with van der Waals surface area (Å²) in [6, 6.07) is 8.05. The van der Waals surface area contributed by atoms with Gasteiger partial charge in [0.1, 0.15) is 12.1 Å². The Kier molecular flexibility index (Phi) is 4.96. The van der Waals surface area contributed by atoms with Crippen LogP contribution in [0.15, 0.2) is 36.8 Å². The van der Waals surface area contributed by atoms with Gasteiger partial charge >= 0.3 is 0 Å². The Labute approximate surface area is 130 Å². The van der Waals surface area contributed by atoms with Gasteiger partial charge in [-0.2, -0.15) is 0 Å². The van der Waals surface area contributed by atoms with E-state index < -0.39 is 0 Å². The van der Waals surface area contributed by atoms with Crippen molar-refractivity contribution in [2.45, 2.75) is 44.1 Å². The quantitative estimate of drug-likeness (QED) is 0.769. The zero-order valence-corrected chi connectivity index (χ0v) is 12.7. The van der Waals surface area contributed by atoms with Crippen LogP contribution in [-0.2, 0) is 6.42 Å². The summed E-state index contributed by atoms with van der Waals surface area (Å²) < 4.78 is 0. The van der Waals surface area contributed by atoms with Crippen molar-refractivity contribution in [1.82, 2.24) is 15.0 Å². The predicted octanol–water partition coefficient (Wildman–Crippen LogP) is 2.54. The average Bonchev–Trinajstić information content (AvgIpc) is 2.53. The van der Waals surface area contributed by atoms with Gasteiger partial charge in [-0.15, -0.1) is 0 Å². The molecule has 2 heterocycles. The van der Waals surface area contributed by atoms with Gasteiger partial charge in [-0.25, -0.2) is 9.97 Å². The van der Waals surface area contributed by atoms with E-state index >= 15 is 0 Å². The topological polar surface area (TPSA) is 70.9 Å². The molecule has 0 bridgehead atoms. The summed E-state index contributed by atoms with van der Waals surface area (Å²) in [6.07, 6.45) is 8.14. The van der Waals surface area contributed by atoms with Crippen LogP contribution in [0.5, 0.6) is 0 Å². The smallest absolute Gasteiger partial charge is 0.129 e. The molecular formula is C17H22N4O. The molecule has 5 heteroatoms. The Balaban J connectivity index is 1.39. The van der Waals surface area contributed by atoms with E-state index in [-0.39, 0.29) is 6.10 Å². The molecule has 116 valence electrons. The normalized spacial score (nSPS) is 20.4. The van der Waals surface area contributed by atoms with Gasteiger partial charge in [0.25, 0.3) is 0 Å². The minimum atomic E-state index is -0.150. The first kappa shape index (κ1) is 14.9. The molecule has 3 rings (SSSR count). The van der Waals surface area contributed by atoms with Gasteiger partial charge < -0.3 is 10.4 Å². The van der Waals surface area contributed by atoms with Crippen molar-refractivity contribution >= 4 is 5.82 Å². The fourth-order valence-electron chi connectivity index (χ4n) is 2.72. The highest BCUT2D eigenvalue weighted by molar-refractivity contribution is 5.36. The molecule has 1 fully saturated rings. The molecule has 0 aliphatic heterocycles. The summed E-state index contributed by atoms with van der Waals surface area (Å²) >= 11 is 0. The molecule has 0 radical (unpaired) electrons. The third-order valence-corrected chi connectivity index (χ3v) is 4.11. The number of nitrogens with zero attached hydrogens (tertiary/aromatic N) is 3. The average molecular weight is 298 g/mol. The number of anilines is 1. The lowest BCUT2D eigenvalue weighted by Gasteiger charge is -2.30. The summed E-state index contributed by atoms with van der Waals surface area (Å²) in [4.78, 5) is 12.9. The molecule has 1 saturated carbocycles. The molecule has 0 aromatic carbocycles. The van der Waals surface area contributed by atoms with Crippen LogP contribution in [0.2, 0.25) is 0 Å². The third kappa shape index (κ3) is 4.01. The van der Waals surface area contributed by atoms with Crippen molar-refractivity contribution in [2.75, 3.05) is 11.9 Å².